The molecule has 5 nitrogen and oxygen atoms in total. The summed E-state index contributed by atoms with van der Waals surface area (Å²) in [6.07, 6.45) is 0. The summed E-state index contributed by atoms with van der Waals surface area (Å²) in [6.45, 7) is 0.208. The van der Waals surface area contributed by atoms with Gasteiger partial charge in [0.2, 0.25) is 10.0 Å². The molecule has 8 heteroatoms. The molecule has 2 aromatic rings. The Labute approximate surface area is 132 Å². The zero-order valence-electron chi connectivity index (χ0n) is 11.1. The van der Waals surface area contributed by atoms with Gasteiger partial charge in [-0.1, -0.05) is 11.6 Å². The van der Waals surface area contributed by atoms with E-state index >= 15 is 0 Å². The fraction of sp³-hybridized carbons (Fsp3) is 0.154. The summed E-state index contributed by atoms with van der Waals surface area (Å²) < 4.78 is 26.8. The van der Waals surface area contributed by atoms with Crippen LogP contribution in [0.4, 0.5) is 5.69 Å². The normalized spacial score (nSPS) is 11.5. The number of thiophene rings is 1. The van der Waals surface area contributed by atoms with Gasteiger partial charge in [0.1, 0.15) is 4.90 Å². The molecule has 1 aromatic carbocycles. The van der Waals surface area contributed by atoms with Crippen LogP contribution in [0, 0.1) is 11.3 Å². The zero-order chi connectivity index (χ0) is 15.6. The molecule has 0 bridgehead atoms. The maximum atomic E-state index is 12.5. The quantitative estimate of drug-likeness (QED) is 0.866. The molecule has 2 N–H and O–H groups in total. The summed E-state index contributed by atoms with van der Waals surface area (Å²) >= 11 is 7.16. The van der Waals surface area contributed by atoms with Crippen LogP contribution in [0.5, 0.6) is 0 Å². The number of sulfonamides is 1. The topological polar surface area (TPSA) is 87.2 Å². The Morgan fingerprint density at radius 2 is 2.10 bits per heavy atom. The van der Waals surface area contributed by atoms with Gasteiger partial charge in [0.25, 0.3) is 0 Å². The van der Waals surface area contributed by atoms with Crippen LogP contribution in [0.15, 0.2) is 35.2 Å². The Balaban J connectivity index is 2.31. The van der Waals surface area contributed by atoms with Gasteiger partial charge in [-0.2, -0.15) is 9.57 Å². The van der Waals surface area contributed by atoms with Gasteiger partial charge in [0.15, 0.2) is 0 Å². The van der Waals surface area contributed by atoms with Crippen molar-refractivity contribution < 1.29 is 8.42 Å². The summed E-state index contributed by atoms with van der Waals surface area (Å²) in [5, 5.41) is 8.79. The summed E-state index contributed by atoms with van der Waals surface area (Å²) in [6, 6.07) is 9.54. The first-order valence-corrected chi connectivity index (χ1v) is 8.48. The molecule has 0 atom stereocenters. The van der Waals surface area contributed by atoms with Crippen LogP contribution in [0.3, 0.4) is 0 Å². The van der Waals surface area contributed by atoms with E-state index in [9.17, 15) is 8.42 Å². The van der Waals surface area contributed by atoms with E-state index in [1.54, 1.807) is 12.1 Å². The Morgan fingerprint density at radius 3 is 2.62 bits per heavy atom. The number of anilines is 1. The van der Waals surface area contributed by atoms with Gasteiger partial charge in [-0.15, -0.1) is 11.3 Å². The molecule has 0 amide bonds. The smallest absolute Gasteiger partial charge is 0.245 e. The van der Waals surface area contributed by atoms with E-state index in [4.69, 9.17) is 22.6 Å². The van der Waals surface area contributed by atoms with E-state index in [0.717, 1.165) is 4.88 Å². The van der Waals surface area contributed by atoms with Crippen molar-refractivity contribution >= 4 is 38.6 Å². The van der Waals surface area contributed by atoms with Crippen molar-refractivity contribution in [2.75, 3.05) is 12.8 Å². The van der Waals surface area contributed by atoms with Crippen LogP contribution >= 0.6 is 22.9 Å². The number of nitrogens with two attached hydrogens (primary N) is 1. The van der Waals surface area contributed by atoms with Crippen LogP contribution in [0.25, 0.3) is 0 Å². The first kappa shape index (κ1) is 15.8. The monoisotopic (exact) mass is 341 g/mol. The molecule has 1 aromatic heterocycles. The number of benzene rings is 1. The minimum Gasteiger partial charge on any atom is -0.398 e. The van der Waals surface area contributed by atoms with Crippen molar-refractivity contribution in [2.45, 2.75) is 11.4 Å². The maximum Gasteiger partial charge on any atom is 0.245 e. The second-order valence-corrected chi connectivity index (χ2v) is 8.14. The van der Waals surface area contributed by atoms with Crippen molar-refractivity contribution in [3.05, 3.63) is 45.1 Å². The van der Waals surface area contributed by atoms with Gasteiger partial charge in [-0.05, 0) is 30.3 Å². The first-order chi connectivity index (χ1) is 9.84. The lowest BCUT2D eigenvalue weighted by Crippen LogP contribution is -2.26. The molecule has 0 radical (unpaired) electrons. The molecule has 0 saturated heterocycles. The highest BCUT2D eigenvalue weighted by atomic mass is 35.5. The van der Waals surface area contributed by atoms with E-state index in [0.29, 0.717) is 9.90 Å². The van der Waals surface area contributed by atoms with E-state index in [-0.39, 0.29) is 17.1 Å². The molecule has 0 saturated carbocycles. The molecule has 0 aliphatic heterocycles. The Kier molecular flexibility index (Phi) is 4.54. The predicted molar refractivity (Wildman–Crippen MR) is 83.6 cm³/mol. The van der Waals surface area contributed by atoms with E-state index < -0.39 is 10.0 Å². The Bertz CT molecular complexity index is 809. The third-order valence-corrected chi connectivity index (χ3v) is 5.93. The van der Waals surface area contributed by atoms with E-state index in [1.807, 2.05) is 6.07 Å². The van der Waals surface area contributed by atoms with Crippen molar-refractivity contribution in [3.63, 3.8) is 0 Å². The van der Waals surface area contributed by atoms with Gasteiger partial charge in [-0.25, -0.2) is 8.42 Å². The lowest BCUT2D eigenvalue weighted by molar-refractivity contribution is 0.470. The maximum absolute atomic E-state index is 12.5. The standard InChI is InChI=1S/C13H12ClN3O2S2/c1-17(8-10-3-5-13(14)20-10)21(18,19)12-4-2-9(7-15)6-11(12)16/h2-6H,8,16H2,1H3. The number of nitrogen functional groups attached to an aromatic ring is 1. The number of nitriles is 1. The number of halogens is 1. The number of hydrogen-bond donors (Lipinski definition) is 1. The SMILES string of the molecule is CN(Cc1ccc(Cl)s1)S(=O)(=O)c1ccc(C#N)cc1N. The van der Waals surface area contributed by atoms with Crippen LogP contribution in [-0.2, 0) is 16.6 Å². The highest BCUT2D eigenvalue weighted by Crippen LogP contribution is 2.27. The number of nitrogens with zero attached hydrogens (tertiary/aromatic N) is 2. The van der Waals surface area contributed by atoms with Crippen LogP contribution in [0.1, 0.15) is 10.4 Å². The molecule has 0 spiro atoms. The van der Waals surface area contributed by atoms with Gasteiger partial charge in [-0.3, -0.25) is 0 Å². The molecular formula is C13H12ClN3O2S2. The average molecular weight is 342 g/mol. The van der Waals surface area contributed by atoms with Crippen molar-refractivity contribution in [2.24, 2.45) is 0 Å². The Hall–Kier alpha value is -1.59. The predicted octanol–water partition coefficient (Wildman–Crippen LogP) is 2.68. The average Bonchev–Trinajstić information content (AvgIpc) is 2.83. The molecule has 21 heavy (non-hydrogen) atoms. The second kappa shape index (κ2) is 6.03. The molecule has 0 aliphatic carbocycles. The third kappa shape index (κ3) is 3.36. The molecular weight excluding hydrogens is 330 g/mol. The van der Waals surface area contributed by atoms with Gasteiger partial charge in [0, 0.05) is 18.5 Å². The molecule has 1 heterocycles. The molecule has 110 valence electrons. The van der Waals surface area contributed by atoms with Crippen molar-refractivity contribution in [1.29, 1.82) is 5.26 Å². The summed E-state index contributed by atoms with van der Waals surface area (Å²) in [4.78, 5) is 0.824. The lowest BCUT2D eigenvalue weighted by atomic mass is 10.2. The highest BCUT2D eigenvalue weighted by molar-refractivity contribution is 7.89. The minimum atomic E-state index is -3.72. The summed E-state index contributed by atoms with van der Waals surface area (Å²) in [5.41, 5.74) is 6.12. The molecule has 0 aliphatic rings. The highest BCUT2D eigenvalue weighted by Gasteiger charge is 2.24. The first-order valence-electron chi connectivity index (χ1n) is 5.85. The Morgan fingerprint density at radius 1 is 1.38 bits per heavy atom. The summed E-state index contributed by atoms with van der Waals surface area (Å²) in [7, 11) is -2.25. The largest absolute Gasteiger partial charge is 0.398 e. The van der Waals surface area contributed by atoms with Crippen molar-refractivity contribution in [3.8, 4) is 6.07 Å². The molecule has 0 fully saturated rings. The van der Waals surface area contributed by atoms with Gasteiger partial charge >= 0.3 is 0 Å². The molecule has 2 rings (SSSR count). The minimum absolute atomic E-state index is 0.00773. The number of rotatable bonds is 4. The molecule has 0 unspecified atom stereocenters. The zero-order valence-corrected chi connectivity index (χ0v) is 13.5. The third-order valence-electron chi connectivity index (χ3n) is 2.83. The van der Waals surface area contributed by atoms with Crippen molar-refractivity contribution in [1.82, 2.24) is 4.31 Å². The van der Waals surface area contributed by atoms with Crippen LogP contribution in [-0.4, -0.2) is 19.8 Å². The van der Waals surface area contributed by atoms with Gasteiger partial charge in [0.05, 0.1) is 21.7 Å². The fourth-order valence-electron chi connectivity index (χ4n) is 1.76. The fourth-order valence-corrected chi connectivity index (χ4v) is 4.23. The lowest BCUT2D eigenvalue weighted by Gasteiger charge is -2.17. The van der Waals surface area contributed by atoms with Gasteiger partial charge < -0.3 is 5.73 Å². The van der Waals surface area contributed by atoms with Crippen LogP contribution < -0.4 is 5.73 Å². The van der Waals surface area contributed by atoms with E-state index in [1.165, 1.54) is 40.9 Å². The summed E-state index contributed by atoms with van der Waals surface area (Å²) in [5.74, 6) is 0. The number of hydrogen-bond acceptors (Lipinski definition) is 5. The second-order valence-electron chi connectivity index (χ2n) is 4.33. The van der Waals surface area contributed by atoms with E-state index in [2.05, 4.69) is 0 Å². The van der Waals surface area contributed by atoms with Crippen LogP contribution in [0.2, 0.25) is 4.34 Å².